The fourth-order valence-corrected chi connectivity index (χ4v) is 1.57. The first-order chi connectivity index (χ1) is 7.25. The SMILES string of the molecule is O=C(Cc1ccc(Br)o1)c1cccnc1. The van der Waals surface area contributed by atoms with E-state index >= 15 is 0 Å². The van der Waals surface area contributed by atoms with Crippen LogP contribution in [0.5, 0.6) is 0 Å². The highest BCUT2D eigenvalue weighted by Gasteiger charge is 2.09. The quantitative estimate of drug-likeness (QED) is 0.802. The van der Waals surface area contributed by atoms with E-state index in [1.54, 1.807) is 36.7 Å². The molecule has 0 unspecified atom stereocenters. The molecule has 4 heteroatoms. The summed E-state index contributed by atoms with van der Waals surface area (Å²) in [5, 5.41) is 0. The van der Waals surface area contributed by atoms with Crippen molar-refractivity contribution >= 4 is 21.7 Å². The van der Waals surface area contributed by atoms with Crippen LogP contribution in [0.25, 0.3) is 0 Å². The third-order valence-electron chi connectivity index (χ3n) is 1.95. The van der Waals surface area contributed by atoms with E-state index in [9.17, 15) is 4.79 Å². The molecule has 2 aromatic rings. The minimum Gasteiger partial charge on any atom is -0.454 e. The highest BCUT2D eigenvalue weighted by atomic mass is 79.9. The Kier molecular flexibility index (Phi) is 2.97. The van der Waals surface area contributed by atoms with Crippen molar-refractivity contribution in [1.82, 2.24) is 4.98 Å². The number of halogens is 1. The molecule has 15 heavy (non-hydrogen) atoms. The highest BCUT2D eigenvalue weighted by molar-refractivity contribution is 9.10. The van der Waals surface area contributed by atoms with Gasteiger partial charge < -0.3 is 4.42 Å². The number of pyridine rings is 1. The second-order valence-corrected chi connectivity index (χ2v) is 3.83. The summed E-state index contributed by atoms with van der Waals surface area (Å²) in [7, 11) is 0. The Morgan fingerprint density at radius 3 is 2.87 bits per heavy atom. The van der Waals surface area contributed by atoms with Crippen LogP contribution in [-0.2, 0) is 6.42 Å². The van der Waals surface area contributed by atoms with Crippen molar-refractivity contribution in [3.05, 3.63) is 52.7 Å². The van der Waals surface area contributed by atoms with Crippen molar-refractivity contribution in [3.8, 4) is 0 Å². The zero-order valence-corrected chi connectivity index (χ0v) is 9.40. The number of Topliss-reactive ketones (excluding diaryl/α,β-unsaturated/α-hetero) is 1. The summed E-state index contributed by atoms with van der Waals surface area (Å²) < 4.78 is 5.89. The number of ketones is 1. The lowest BCUT2D eigenvalue weighted by Crippen LogP contribution is -2.02. The van der Waals surface area contributed by atoms with Crippen LogP contribution in [0.3, 0.4) is 0 Å². The smallest absolute Gasteiger partial charge is 0.171 e. The Morgan fingerprint density at radius 1 is 1.40 bits per heavy atom. The molecule has 0 amide bonds. The van der Waals surface area contributed by atoms with Gasteiger partial charge in [0.05, 0.1) is 6.42 Å². The molecule has 0 radical (unpaired) electrons. The van der Waals surface area contributed by atoms with E-state index in [1.165, 1.54) is 0 Å². The Labute approximate surface area is 95.3 Å². The second-order valence-electron chi connectivity index (χ2n) is 3.05. The molecule has 0 aliphatic heterocycles. The summed E-state index contributed by atoms with van der Waals surface area (Å²) >= 11 is 3.19. The first-order valence-corrected chi connectivity index (χ1v) is 5.22. The summed E-state index contributed by atoms with van der Waals surface area (Å²) in [5.41, 5.74) is 0.602. The number of rotatable bonds is 3. The molecular weight excluding hydrogens is 258 g/mol. The molecule has 0 N–H and O–H groups in total. The molecule has 0 atom stereocenters. The molecule has 2 heterocycles. The Hall–Kier alpha value is -1.42. The lowest BCUT2D eigenvalue weighted by atomic mass is 10.1. The van der Waals surface area contributed by atoms with Crippen LogP contribution in [0.15, 0.2) is 45.7 Å². The van der Waals surface area contributed by atoms with E-state index < -0.39 is 0 Å². The predicted octanol–water partition coefficient (Wildman–Crippen LogP) is 2.86. The summed E-state index contributed by atoms with van der Waals surface area (Å²) in [6, 6.07) is 7.03. The molecule has 0 aromatic carbocycles. The normalized spacial score (nSPS) is 10.2. The van der Waals surface area contributed by atoms with E-state index in [0.717, 1.165) is 0 Å². The first-order valence-electron chi connectivity index (χ1n) is 4.43. The molecule has 0 fully saturated rings. The maximum absolute atomic E-state index is 11.7. The summed E-state index contributed by atoms with van der Waals surface area (Å²) in [5.74, 6) is 0.653. The van der Waals surface area contributed by atoms with Crippen LogP contribution in [0, 0.1) is 0 Å². The molecule has 3 nitrogen and oxygen atoms in total. The number of nitrogens with zero attached hydrogens (tertiary/aromatic N) is 1. The molecule has 0 aliphatic carbocycles. The largest absolute Gasteiger partial charge is 0.454 e. The maximum atomic E-state index is 11.7. The van der Waals surface area contributed by atoms with Crippen LogP contribution in [0.1, 0.15) is 16.1 Å². The van der Waals surface area contributed by atoms with Crippen LogP contribution in [-0.4, -0.2) is 10.8 Å². The standard InChI is InChI=1S/C11H8BrNO2/c12-11-4-3-9(15-11)6-10(14)8-2-1-5-13-7-8/h1-5,7H,6H2. The monoisotopic (exact) mass is 265 g/mol. The average molecular weight is 266 g/mol. The number of aromatic nitrogens is 1. The lowest BCUT2D eigenvalue weighted by Gasteiger charge is -1.96. The number of furan rings is 1. The summed E-state index contributed by atoms with van der Waals surface area (Å²) in [6.07, 6.45) is 3.46. The van der Waals surface area contributed by atoms with Crippen LogP contribution in [0.2, 0.25) is 0 Å². The molecule has 2 aromatic heterocycles. The second kappa shape index (κ2) is 4.40. The molecule has 2 rings (SSSR count). The van der Waals surface area contributed by atoms with Crippen molar-refractivity contribution in [3.63, 3.8) is 0 Å². The minimum absolute atomic E-state index is 0.00458. The zero-order chi connectivity index (χ0) is 10.7. The fraction of sp³-hybridized carbons (Fsp3) is 0.0909. The Balaban J connectivity index is 2.11. The third kappa shape index (κ3) is 2.53. The van der Waals surface area contributed by atoms with Gasteiger partial charge in [0.15, 0.2) is 10.5 Å². The van der Waals surface area contributed by atoms with E-state index in [4.69, 9.17) is 4.42 Å². The minimum atomic E-state index is 0.00458. The Morgan fingerprint density at radius 2 is 2.27 bits per heavy atom. The summed E-state index contributed by atoms with van der Waals surface area (Å²) in [4.78, 5) is 15.6. The van der Waals surface area contributed by atoms with E-state index in [2.05, 4.69) is 20.9 Å². The van der Waals surface area contributed by atoms with Crippen molar-refractivity contribution in [1.29, 1.82) is 0 Å². The van der Waals surface area contributed by atoms with E-state index in [-0.39, 0.29) is 12.2 Å². The van der Waals surface area contributed by atoms with E-state index in [1.807, 2.05) is 0 Å². The number of hydrogen-bond acceptors (Lipinski definition) is 3. The molecule has 0 spiro atoms. The first kappa shape index (κ1) is 10.1. The molecule has 0 saturated carbocycles. The number of carbonyl (C=O) groups is 1. The number of carbonyl (C=O) groups excluding carboxylic acids is 1. The van der Waals surface area contributed by atoms with Crippen LogP contribution < -0.4 is 0 Å². The van der Waals surface area contributed by atoms with Gasteiger partial charge in [-0.15, -0.1) is 0 Å². The van der Waals surface area contributed by atoms with Gasteiger partial charge in [0.1, 0.15) is 5.76 Å². The van der Waals surface area contributed by atoms with Crippen LogP contribution >= 0.6 is 15.9 Å². The van der Waals surface area contributed by atoms with Crippen molar-refractivity contribution in [2.75, 3.05) is 0 Å². The zero-order valence-electron chi connectivity index (χ0n) is 7.81. The molecule has 0 bridgehead atoms. The highest BCUT2D eigenvalue weighted by Crippen LogP contribution is 2.15. The molecule has 0 saturated heterocycles. The average Bonchev–Trinajstić information content (AvgIpc) is 2.65. The fourth-order valence-electron chi connectivity index (χ4n) is 1.23. The van der Waals surface area contributed by atoms with Gasteiger partial charge in [0, 0.05) is 18.0 Å². The maximum Gasteiger partial charge on any atom is 0.171 e. The lowest BCUT2D eigenvalue weighted by molar-refractivity contribution is 0.0986. The van der Waals surface area contributed by atoms with Crippen molar-refractivity contribution in [2.45, 2.75) is 6.42 Å². The third-order valence-corrected chi connectivity index (χ3v) is 2.37. The van der Waals surface area contributed by atoms with Gasteiger partial charge in [-0.1, -0.05) is 0 Å². The molecule has 76 valence electrons. The predicted molar refractivity (Wildman–Crippen MR) is 58.7 cm³/mol. The van der Waals surface area contributed by atoms with Gasteiger partial charge in [-0.2, -0.15) is 0 Å². The Bertz CT molecular complexity index is 464. The molecule has 0 aliphatic rings. The number of hydrogen-bond donors (Lipinski definition) is 0. The van der Waals surface area contributed by atoms with Crippen molar-refractivity contribution < 1.29 is 9.21 Å². The van der Waals surface area contributed by atoms with Crippen LogP contribution in [0.4, 0.5) is 0 Å². The summed E-state index contributed by atoms with van der Waals surface area (Å²) in [6.45, 7) is 0. The topological polar surface area (TPSA) is 43.1 Å². The van der Waals surface area contributed by atoms with Crippen molar-refractivity contribution in [2.24, 2.45) is 0 Å². The van der Waals surface area contributed by atoms with Gasteiger partial charge in [0.25, 0.3) is 0 Å². The van der Waals surface area contributed by atoms with Gasteiger partial charge in [-0.25, -0.2) is 0 Å². The molecular formula is C11H8BrNO2. The van der Waals surface area contributed by atoms with Gasteiger partial charge >= 0.3 is 0 Å². The van der Waals surface area contributed by atoms with Gasteiger partial charge in [0.2, 0.25) is 0 Å². The van der Waals surface area contributed by atoms with Gasteiger partial charge in [-0.3, -0.25) is 9.78 Å². The van der Waals surface area contributed by atoms with E-state index in [0.29, 0.717) is 16.0 Å². The van der Waals surface area contributed by atoms with Gasteiger partial charge in [-0.05, 0) is 40.2 Å².